The number of rotatable bonds is 6. The number of hydrogen-bond donors (Lipinski definition) is 1. The Kier molecular flexibility index (Phi) is 6.79. The summed E-state index contributed by atoms with van der Waals surface area (Å²) in [6.07, 6.45) is 2.36. The number of amides is 1. The quantitative estimate of drug-likeness (QED) is 0.817. The van der Waals surface area contributed by atoms with Crippen LogP contribution in [0.2, 0.25) is 0 Å². The number of hydrogen-bond acceptors (Lipinski definition) is 5. The maximum atomic E-state index is 12.0. The second-order valence-corrected chi connectivity index (χ2v) is 7.06. The zero-order chi connectivity index (χ0) is 15.9. The number of nitrogens with zero attached hydrogens (tertiary/aromatic N) is 2. The Morgan fingerprint density at radius 3 is 3.14 bits per heavy atom. The maximum Gasteiger partial charge on any atom is 0.270 e. The normalized spacial score (nSPS) is 20.1. The summed E-state index contributed by atoms with van der Waals surface area (Å²) in [6, 6.07) is 0. The average Bonchev–Trinajstić information content (AvgIpc) is 2.89. The van der Waals surface area contributed by atoms with Gasteiger partial charge in [0.2, 0.25) is 0 Å². The molecule has 1 aliphatic heterocycles. The van der Waals surface area contributed by atoms with Gasteiger partial charge in [-0.05, 0) is 26.3 Å². The Morgan fingerprint density at radius 1 is 1.59 bits per heavy atom. The Balaban J connectivity index is 1.68. The van der Waals surface area contributed by atoms with Crippen molar-refractivity contribution in [2.24, 2.45) is 0 Å². The topological polar surface area (TPSA) is 54.5 Å². The lowest BCUT2D eigenvalue weighted by Gasteiger charge is -2.21. The highest BCUT2D eigenvalue weighted by atomic mass is 32.1. The predicted molar refractivity (Wildman–Crippen MR) is 89.6 cm³/mol. The van der Waals surface area contributed by atoms with Gasteiger partial charge in [0.05, 0.1) is 11.1 Å². The molecule has 0 radical (unpaired) electrons. The van der Waals surface area contributed by atoms with E-state index in [1.807, 2.05) is 5.38 Å². The van der Waals surface area contributed by atoms with Gasteiger partial charge in [-0.25, -0.2) is 4.98 Å². The molecule has 6 heteroatoms. The van der Waals surface area contributed by atoms with Crippen LogP contribution in [-0.2, 0) is 4.74 Å². The molecule has 5 nitrogen and oxygen atoms in total. The van der Waals surface area contributed by atoms with Crippen molar-refractivity contribution in [3.8, 4) is 0 Å². The van der Waals surface area contributed by atoms with Crippen LogP contribution in [0.1, 0.15) is 55.0 Å². The summed E-state index contributed by atoms with van der Waals surface area (Å²) in [4.78, 5) is 18.8. The minimum Gasteiger partial charge on any atom is -0.377 e. The van der Waals surface area contributed by atoms with E-state index >= 15 is 0 Å². The monoisotopic (exact) mass is 325 g/mol. The standard InChI is InChI=1S/C16H27N3O2S/c1-12(2)16-18-14(11-22-16)15(20)17-6-4-7-19-8-5-9-21-13(3)10-19/h11-13H,4-10H2,1-3H3,(H,17,20)/t13-/m1/s1. The van der Waals surface area contributed by atoms with E-state index in [9.17, 15) is 4.79 Å². The van der Waals surface area contributed by atoms with Gasteiger partial charge in [0.15, 0.2) is 0 Å². The second-order valence-electron chi connectivity index (χ2n) is 6.17. The Labute approximate surface area is 137 Å². The van der Waals surface area contributed by atoms with Gasteiger partial charge < -0.3 is 15.0 Å². The minimum absolute atomic E-state index is 0.0595. The number of carbonyl (C=O) groups is 1. The number of carbonyl (C=O) groups excluding carboxylic acids is 1. The molecule has 1 atom stereocenters. The van der Waals surface area contributed by atoms with Gasteiger partial charge in [0.1, 0.15) is 5.69 Å². The molecule has 0 bridgehead atoms. The second kappa shape index (κ2) is 8.60. The van der Waals surface area contributed by atoms with Crippen LogP contribution in [0.15, 0.2) is 5.38 Å². The van der Waals surface area contributed by atoms with Crippen molar-refractivity contribution in [3.63, 3.8) is 0 Å². The van der Waals surface area contributed by atoms with E-state index in [1.54, 1.807) is 11.3 Å². The first-order valence-electron chi connectivity index (χ1n) is 8.14. The smallest absolute Gasteiger partial charge is 0.270 e. The molecule has 0 spiro atoms. The summed E-state index contributed by atoms with van der Waals surface area (Å²) >= 11 is 1.56. The Bertz CT molecular complexity index is 476. The first-order valence-corrected chi connectivity index (χ1v) is 9.02. The highest BCUT2D eigenvalue weighted by Gasteiger charge is 2.15. The third-order valence-electron chi connectivity index (χ3n) is 3.72. The lowest BCUT2D eigenvalue weighted by atomic mass is 10.2. The van der Waals surface area contributed by atoms with Crippen LogP contribution in [0.3, 0.4) is 0 Å². The number of aromatic nitrogens is 1. The average molecular weight is 325 g/mol. The Hall–Kier alpha value is -0.980. The molecule has 0 saturated carbocycles. The van der Waals surface area contributed by atoms with Gasteiger partial charge in [-0.2, -0.15) is 0 Å². The molecule has 22 heavy (non-hydrogen) atoms. The van der Waals surface area contributed by atoms with Crippen molar-refractivity contribution in [3.05, 3.63) is 16.1 Å². The van der Waals surface area contributed by atoms with Gasteiger partial charge in [0, 0.05) is 37.5 Å². The molecule has 1 aromatic heterocycles. The third kappa shape index (κ3) is 5.34. The summed E-state index contributed by atoms with van der Waals surface area (Å²) in [7, 11) is 0. The van der Waals surface area contributed by atoms with Crippen LogP contribution >= 0.6 is 11.3 Å². The highest BCUT2D eigenvalue weighted by molar-refractivity contribution is 7.09. The molecule has 1 aromatic rings. The van der Waals surface area contributed by atoms with Crippen LogP contribution in [0.25, 0.3) is 0 Å². The van der Waals surface area contributed by atoms with E-state index < -0.39 is 0 Å². The molecular weight excluding hydrogens is 298 g/mol. The van der Waals surface area contributed by atoms with Gasteiger partial charge >= 0.3 is 0 Å². The third-order valence-corrected chi connectivity index (χ3v) is 4.87. The molecular formula is C16H27N3O2S. The van der Waals surface area contributed by atoms with Crippen molar-refractivity contribution in [1.29, 1.82) is 0 Å². The summed E-state index contributed by atoms with van der Waals surface area (Å²) in [5, 5.41) is 5.83. The maximum absolute atomic E-state index is 12.0. The van der Waals surface area contributed by atoms with Crippen LogP contribution in [0.5, 0.6) is 0 Å². The molecule has 2 heterocycles. The van der Waals surface area contributed by atoms with E-state index in [2.05, 4.69) is 36.0 Å². The molecule has 1 fully saturated rings. The fourth-order valence-corrected chi connectivity index (χ4v) is 3.35. The van der Waals surface area contributed by atoms with Gasteiger partial charge in [0.25, 0.3) is 5.91 Å². The SMILES string of the molecule is CC(C)c1nc(C(=O)NCCCN2CCCO[C@H](C)C2)cs1. The summed E-state index contributed by atoms with van der Waals surface area (Å²) in [5.74, 6) is 0.314. The van der Waals surface area contributed by atoms with Crippen LogP contribution in [0, 0.1) is 0 Å². The van der Waals surface area contributed by atoms with Crippen molar-refractivity contribution in [2.45, 2.75) is 45.6 Å². The van der Waals surface area contributed by atoms with Crippen molar-refractivity contribution in [1.82, 2.24) is 15.2 Å². The summed E-state index contributed by atoms with van der Waals surface area (Å²) in [5.41, 5.74) is 0.547. The highest BCUT2D eigenvalue weighted by Crippen LogP contribution is 2.18. The van der Waals surface area contributed by atoms with E-state index in [0.717, 1.165) is 44.1 Å². The lowest BCUT2D eigenvalue weighted by molar-refractivity contribution is 0.0675. The zero-order valence-corrected chi connectivity index (χ0v) is 14.6. The van der Waals surface area contributed by atoms with E-state index in [4.69, 9.17) is 4.74 Å². The largest absolute Gasteiger partial charge is 0.377 e. The lowest BCUT2D eigenvalue weighted by Crippen LogP contribution is -2.33. The van der Waals surface area contributed by atoms with Crippen LogP contribution in [-0.4, -0.2) is 54.7 Å². The predicted octanol–water partition coefficient (Wildman–Crippen LogP) is 2.50. The molecule has 124 valence electrons. The molecule has 2 rings (SSSR count). The van der Waals surface area contributed by atoms with E-state index in [-0.39, 0.29) is 5.91 Å². The van der Waals surface area contributed by atoms with Crippen molar-refractivity contribution >= 4 is 17.2 Å². The first-order chi connectivity index (χ1) is 10.6. The van der Waals surface area contributed by atoms with Crippen LogP contribution < -0.4 is 5.32 Å². The van der Waals surface area contributed by atoms with Crippen molar-refractivity contribution in [2.75, 3.05) is 32.8 Å². The molecule has 1 N–H and O–H groups in total. The molecule has 0 unspecified atom stereocenters. The molecule has 0 aliphatic carbocycles. The zero-order valence-electron chi connectivity index (χ0n) is 13.8. The molecule has 1 saturated heterocycles. The van der Waals surface area contributed by atoms with Gasteiger partial charge in [-0.15, -0.1) is 11.3 Å². The fourth-order valence-electron chi connectivity index (χ4n) is 2.54. The summed E-state index contributed by atoms with van der Waals surface area (Å²) in [6.45, 7) is 10.9. The minimum atomic E-state index is -0.0595. The molecule has 1 amide bonds. The number of thiazole rings is 1. The van der Waals surface area contributed by atoms with E-state index in [1.165, 1.54) is 0 Å². The van der Waals surface area contributed by atoms with Crippen LogP contribution in [0.4, 0.5) is 0 Å². The number of ether oxygens (including phenoxy) is 1. The van der Waals surface area contributed by atoms with Gasteiger partial charge in [-0.1, -0.05) is 13.8 Å². The number of nitrogens with one attached hydrogen (secondary N) is 1. The molecule has 1 aliphatic rings. The van der Waals surface area contributed by atoms with E-state index in [0.29, 0.717) is 24.3 Å². The summed E-state index contributed by atoms with van der Waals surface area (Å²) < 4.78 is 5.64. The van der Waals surface area contributed by atoms with Crippen molar-refractivity contribution < 1.29 is 9.53 Å². The van der Waals surface area contributed by atoms with Gasteiger partial charge in [-0.3, -0.25) is 4.79 Å². The Morgan fingerprint density at radius 2 is 2.41 bits per heavy atom. The molecule has 0 aromatic carbocycles. The fraction of sp³-hybridized carbons (Fsp3) is 0.750. The first kappa shape index (κ1) is 17.4.